The van der Waals surface area contributed by atoms with Crippen molar-refractivity contribution in [3.05, 3.63) is 71.5 Å². The van der Waals surface area contributed by atoms with Crippen LogP contribution >= 0.6 is 0 Å². The molecule has 1 unspecified atom stereocenters. The zero-order chi connectivity index (χ0) is 19.0. The Kier molecular flexibility index (Phi) is 7.36. The van der Waals surface area contributed by atoms with Gasteiger partial charge in [0, 0.05) is 6.54 Å². The second kappa shape index (κ2) is 9.50. The molecule has 2 nitrogen and oxygen atoms in total. The first-order chi connectivity index (χ1) is 12.5. The van der Waals surface area contributed by atoms with Crippen molar-refractivity contribution >= 4 is 0 Å². The fourth-order valence-electron chi connectivity index (χ4n) is 3.54. The summed E-state index contributed by atoms with van der Waals surface area (Å²) in [6.45, 7) is 6.02. The molecule has 0 saturated carbocycles. The van der Waals surface area contributed by atoms with Crippen LogP contribution in [0.1, 0.15) is 44.2 Å². The maximum absolute atomic E-state index is 13.7. The predicted molar refractivity (Wildman–Crippen MR) is 105 cm³/mol. The van der Waals surface area contributed by atoms with Crippen LogP contribution in [-0.4, -0.2) is 18.5 Å². The van der Waals surface area contributed by atoms with E-state index in [4.69, 9.17) is 0 Å². The van der Waals surface area contributed by atoms with Gasteiger partial charge in [-0.3, -0.25) is 0 Å². The lowest BCUT2D eigenvalue weighted by Crippen LogP contribution is -2.31. The molecule has 2 aromatic carbocycles. The van der Waals surface area contributed by atoms with Crippen LogP contribution < -0.4 is 0 Å². The van der Waals surface area contributed by atoms with E-state index in [9.17, 15) is 9.65 Å². The summed E-state index contributed by atoms with van der Waals surface area (Å²) < 4.78 is 13.7. The Hall–Kier alpha value is -2.18. The van der Waals surface area contributed by atoms with E-state index in [2.05, 4.69) is 56.1 Å². The summed E-state index contributed by atoms with van der Waals surface area (Å²) in [5.74, 6) is -0.137. The summed E-state index contributed by atoms with van der Waals surface area (Å²) in [5, 5.41) is 9.91. The van der Waals surface area contributed by atoms with Gasteiger partial charge in [0.05, 0.1) is 11.5 Å². The highest BCUT2D eigenvalue weighted by atomic mass is 19.1. The van der Waals surface area contributed by atoms with Gasteiger partial charge in [0.2, 0.25) is 0 Å². The third kappa shape index (κ3) is 5.16. The minimum Gasteiger partial charge on any atom is -0.302 e. The SMILES string of the molecule is CC(C)C(C#N)(CCCCN(C)Cc1ccccc1)c1cccc(F)c1. The molecule has 1 atom stereocenters. The quantitative estimate of drug-likeness (QED) is 0.554. The van der Waals surface area contributed by atoms with Gasteiger partial charge in [-0.25, -0.2) is 4.39 Å². The first kappa shape index (κ1) is 20.1. The Bertz CT molecular complexity index is 720. The van der Waals surface area contributed by atoms with Gasteiger partial charge >= 0.3 is 0 Å². The molecule has 0 N–H and O–H groups in total. The van der Waals surface area contributed by atoms with Gasteiger partial charge in [0.1, 0.15) is 5.82 Å². The van der Waals surface area contributed by atoms with E-state index in [0.29, 0.717) is 0 Å². The summed E-state index contributed by atoms with van der Waals surface area (Å²) in [5.41, 5.74) is 1.48. The number of hydrogen-bond acceptors (Lipinski definition) is 2. The van der Waals surface area contributed by atoms with E-state index < -0.39 is 5.41 Å². The fraction of sp³-hybridized carbons (Fsp3) is 0.435. The summed E-state index contributed by atoms with van der Waals surface area (Å²) in [4.78, 5) is 2.31. The minimum absolute atomic E-state index is 0.136. The lowest BCUT2D eigenvalue weighted by atomic mass is 9.69. The zero-order valence-electron chi connectivity index (χ0n) is 16.1. The molecule has 0 amide bonds. The third-order valence-electron chi connectivity index (χ3n) is 5.18. The molecule has 0 aromatic heterocycles. The average Bonchev–Trinajstić information content (AvgIpc) is 2.62. The van der Waals surface area contributed by atoms with Gasteiger partial charge < -0.3 is 4.90 Å². The smallest absolute Gasteiger partial charge is 0.123 e. The highest BCUT2D eigenvalue weighted by Gasteiger charge is 2.35. The average molecular weight is 352 g/mol. The van der Waals surface area contributed by atoms with Crippen LogP contribution in [0.25, 0.3) is 0 Å². The largest absolute Gasteiger partial charge is 0.302 e. The minimum atomic E-state index is -0.625. The number of benzene rings is 2. The molecule has 0 aliphatic heterocycles. The first-order valence-electron chi connectivity index (χ1n) is 9.37. The summed E-state index contributed by atoms with van der Waals surface area (Å²) in [7, 11) is 2.12. The molecule has 0 heterocycles. The highest BCUT2D eigenvalue weighted by molar-refractivity contribution is 5.33. The van der Waals surface area contributed by atoms with Crippen molar-refractivity contribution in [2.24, 2.45) is 5.92 Å². The third-order valence-corrected chi connectivity index (χ3v) is 5.18. The van der Waals surface area contributed by atoms with Crippen LogP contribution in [0.2, 0.25) is 0 Å². The molecule has 0 spiro atoms. The van der Waals surface area contributed by atoms with Crippen molar-refractivity contribution < 1.29 is 4.39 Å². The summed E-state index contributed by atoms with van der Waals surface area (Å²) in [6, 6.07) is 19.5. The standard InChI is InChI=1S/C23H29FN2/c1-19(2)23(18-25,21-12-9-13-22(24)16-21)14-7-8-15-26(3)17-20-10-5-4-6-11-20/h4-6,9-13,16,19H,7-8,14-15,17H2,1-3H3. The number of nitriles is 1. The van der Waals surface area contributed by atoms with Gasteiger partial charge in [-0.2, -0.15) is 5.26 Å². The highest BCUT2D eigenvalue weighted by Crippen LogP contribution is 2.37. The van der Waals surface area contributed by atoms with E-state index in [1.54, 1.807) is 6.07 Å². The number of nitrogens with zero attached hydrogens (tertiary/aromatic N) is 2. The van der Waals surface area contributed by atoms with Crippen molar-refractivity contribution in [1.82, 2.24) is 4.90 Å². The van der Waals surface area contributed by atoms with Crippen molar-refractivity contribution in [1.29, 1.82) is 5.26 Å². The molecular formula is C23H29FN2. The molecule has 0 aliphatic rings. The van der Waals surface area contributed by atoms with E-state index in [-0.39, 0.29) is 11.7 Å². The molecule has 3 heteroatoms. The molecule has 0 bridgehead atoms. The van der Waals surface area contributed by atoms with Crippen LogP contribution in [0.3, 0.4) is 0 Å². The topological polar surface area (TPSA) is 27.0 Å². The zero-order valence-corrected chi connectivity index (χ0v) is 16.1. The molecule has 2 rings (SSSR count). The normalized spacial score (nSPS) is 13.6. The molecule has 0 radical (unpaired) electrons. The van der Waals surface area contributed by atoms with Crippen LogP contribution in [0.4, 0.5) is 4.39 Å². The monoisotopic (exact) mass is 352 g/mol. The lowest BCUT2D eigenvalue weighted by Gasteiger charge is -2.31. The Labute approximate surface area is 157 Å². The maximum Gasteiger partial charge on any atom is 0.123 e. The molecule has 2 aromatic rings. The van der Waals surface area contributed by atoms with E-state index in [1.807, 2.05) is 12.1 Å². The molecule has 0 aliphatic carbocycles. The predicted octanol–water partition coefficient (Wildman–Crippen LogP) is 5.55. The molecule has 138 valence electrons. The Morgan fingerprint density at radius 3 is 2.42 bits per heavy atom. The van der Waals surface area contributed by atoms with E-state index in [1.165, 1.54) is 17.7 Å². The van der Waals surface area contributed by atoms with Crippen LogP contribution in [0.5, 0.6) is 0 Å². The van der Waals surface area contributed by atoms with Crippen LogP contribution in [0.15, 0.2) is 54.6 Å². The number of hydrogen-bond donors (Lipinski definition) is 0. The number of unbranched alkanes of at least 4 members (excludes halogenated alkanes) is 1. The number of rotatable bonds is 9. The van der Waals surface area contributed by atoms with E-state index >= 15 is 0 Å². The van der Waals surface area contributed by atoms with Crippen molar-refractivity contribution in [3.63, 3.8) is 0 Å². The van der Waals surface area contributed by atoms with Crippen LogP contribution in [0, 0.1) is 23.1 Å². The van der Waals surface area contributed by atoms with Crippen LogP contribution in [-0.2, 0) is 12.0 Å². The second-order valence-electron chi connectivity index (χ2n) is 7.43. The second-order valence-corrected chi connectivity index (χ2v) is 7.43. The molecular weight excluding hydrogens is 323 g/mol. The van der Waals surface area contributed by atoms with Gasteiger partial charge in [-0.05, 0) is 55.6 Å². The summed E-state index contributed by atoms with van der Waals surface area (Å²) in [6.07, 6.45) is 2.72. The lowest BCUT2D eigenvalue weighted by molar-refractivity contribution is 0.299. The molecule has 26 heavy (non-hydrogen) atoms. The Morgan fingerprint density at radius 2 is 1.81 bits per heavy atom. The van der Waals surface area contributed by atoms with Gasteiger partial charge in [-0.1, -0.05) is 62.7 Å². The fourth-order valence-corrected chi connectivity index (χ4v) is 3.54. The van der Waals surface area contributed by atoms with Crippen molar-refractivity contribution in [3.8, 4) is 6.07 Å². The first-order valence-corrected chi connectivity index (χ1v) is 9.37. The van der Waals surface area contributed by atoms with Crippen molar-refractivity contribution in [2.75, 3.05) is 13.6 Å². The Balaban J connectivity index is 1.93. The number of halogens is 1. The van der Waals surface area contributed by atoms with Gasteiger partial charge in [0.15, 0.2) is 0 Å². The Morgan fingerprint density at radius 1 is 1.08 bits per heavy atom. The molecule has 0 saturated heterocycles. The maximum atomic E-state index is 13.7. The molecule has 0 fully saturated rings. The van der Waals surface area contributed by atoms with Gasteiger partial charge in [0.25, 0.3) is 0 Å². The van der Waals surface area contributed by atoms with E-state index in [0.717, 1.165) is 37.9 Å². The van der Waals surface area contributed by atoms with Gasteiger partial charge in [-0.15, -0.1) is 0 Å². The van der Waals surface area contributed by atoms with Crippen molar-refractivity contribution in [2.45, 2.75) is 45.1 Å². The summed E-state index contributed by atoms with van der Waals surface area (Å²) >= 11 is 0.